The molecule has 2 aromatic carbocycles. The maximum Gasteiger partial charge on any atom is 0.222 e. The molecule has 0 saturated heterocycles. The van der Waals surface area contributed by atoms with E-state index in [9.17, 15) is 0 Å². The molecule has 0 amide bonds. The largest absolute Gasteiger partial charge is 0.485 e. The molecule has 1 aliphatic heterocycles. The summed E-state index contributed by atoms with van der Waals surface area (Å²) >= 11 is 0. The molecule has 1 aliphatic rings. The van der Waals surface area contributed by atoms with Gasteiger partial charge in [0.1, 0.15) is 29.2 Å². The van der Waals surface area contributed by atoms with E-state index in [0.29, 0.717) is 34.6 Å². The minimum Gasteiger partial charge on any atom is -0.485 e. The highest BCUT2D eigenvalue weighted by atomic mass is 16.5. The smallest absolute Gasteiger partial charge is 0.222 e. The Labute approximate surface area is 138 Å². The van der Waals surface area contributed by atoms with Crippen LogP contribution in [0.15, 0.2) is 49.1 Å². The van der Waals surface area contributed by atoms with E-state index in [1.54, 1.807) is 6.08 Å². The predicted octanol–water partition coefficient (Wildman–Crippen LogP) is 3.08. The lowest BCUT2D eigenvalue weighted by Crippen LogP contribution is -2.08. The van der Waals surface area contributed by atoms with Crippen LogP contribution in [0, 0.1) is 0 Å². The average molecular weight is 320 g/mol. The van der Waals surface area contributed by atoms with Gasteiger partial charge in [0.15, 0.2) is 0 Å². The second-order valence-corrected chi connectivity index (χ2v) is 5.55. The normalized spacial score (nSPS) is 15.8. The van der Waals surface area contributed by atoms with Crippen LogP contribution in [-0.2, 0) is 6.42 Å². The van der Waals surface area contributed by atoms with Crippen LogP contribution in [0.3, 0.4) is 0 Å². The van der Waals surface area contributed by atoms with Crippen LogP contribution in [0.5, 0.6) is 17.2 Å². The monoisotopic (exact) mass is 320 g/mol. The molecule has 0 bridgehead atoms. The summed E-state index contributed by atoms with van der Waals surface area (Å²) in [7, 11) is 0. The quantitative estimate of drug-likeness (QED) is 0.720. The number of nitrogens with two attached hydrogens (primary N) is 2. The molecule has 4 N–H and O–H groups in total. The highest BCUT2D eigenvalue weighted by molar-refractivity contribution is 5.97. The lowest BCUT2D eigenvalue weighted by Gasteiger charge is -2.13. The first kappa shape index (κ1) is 14.3. The third-order valence-electron chi connectivity index (χ3n) is 3.96. The van der Waals surface area contributed by atoms with Gasteiger partial charge in [0, 0.05) is 18.1 Å². The number of aromatic nitrogens is 2. The molecule has 0 saturated carbocycles. The van der Waals surface area contributed by atoms with E-state index in [4.69, 9.17) is 20.9 Å². The number of ether oxygens (including phenoxy) is 2. The van der Waals surface area contributed by atoms with Gasteiger partial charge in [-0.2, -0.15) is 4.98 Å². The van der Waals surface area contributed by atoms with E-state index in [-0.39, 0.29) is 12.1 Å². The zero-order valence-electron chi connectivity index (χ0n) is 12.9. The Morgan fingerprint density at radius 2 is 2.00 bits per heavy atom. The first-order chi connectivity index (χ1) is 11.7. The van der Waals surface area contributed by atoms with Gasteiger partial charge in [-0.25, -0.2) is 4.98 Å². The Morgan fingerprint density at radius 3 is 2.75 bits per heavy atom. The van der Waals surface area contributed by atoms with Gasteiger partial charge in [0.05, 0.1) is 10.9 Å². The van der Waals surface area contributed by atoms with E-state index < -0.39 is 0 Å². The van der Waals surface area contributed by atoms with E-state index in [1.807, 2.05) is 36.4 Å². The summed E-state index contributed by atoms with van der Waals surface area (Å²) in [5, 5.41) is 0.656. The van der Waals surface area contributed by atoms with Crippen molar-refractivity contribution in [2.75, 3.05) is 11.5 Å². The van der Waals surface area contributed by atoms with Gasteiger partial charge >= 0.3 is 0 Å². The Kier molecular flexibility index (Phi) is 3.23. The number of rotatable bonds is 3. The Balaban J connectivity index is 1.93. The molecule has 4 rings (SSSR count). The second-order valence-electron chi connectivity index (χ2n) is 5.55. The molecule has 120 valence electrons. The SMILES string of the molecule is C=CC1Cc2c(Oc3ccccc3)cc3nc(N)nc(N)c3c2O1. The fourth-order valence-electron chi connectivity index (χ4n) is 2.88. The topological polar surface area (TPSA) is 96.3 Å². The van der Waals surface area contributed by atoms with Crippen LogP contribution in [0.2, 0.25) is 0 Å². The van der Waals surface area contributed by atoms with Gasteiger partial charge < -0.3 is 20.9 Å². The van der Waals surface area contributed by atoms with Crippen molar-refractivity contribution in [2.24, 2.45) is 0 Å². The number of hydrogen-bond donors (Lipinski definition) is 2. The molecule has 0 radical (unpaired) electrons. The highest BCUT2D eigenvalue weighted by Crippen LogP contribution is 2.45. The van der Waals surface area contributed by atoms with Gasteiger partial charge in [-0.1, -0.05) is 30.9 Å². The summed E-state index contributed by atoms with van der Waals surface area (Å²) in [5.74, 6) is 2.45. The molecule has 0 fully saturated rings. The van der Waals surface area contributed by atoms with E-state index in [1.165, 1.54) is 0 Å². The lowest BCUT2D eigenvalue weighted by molar-refractivity contribution is 0.286. The third kappa shape index (κ3) is 2.28. The van der Waals surface area contributed by atoms with E-state index >= 15 is 0 Å². The van der Waals surface area contributed by atoms with Crippen LogP contribution in [0.25, 0.3) is 10.9 Å². The van der Waals surface area contributed by atoms with Crippen LogP contribution in [-0.4, -0.2) is 16.1 Å². The second kappa shape index (κ2) is 5.42. The Hall–Kier alpha value is -3.28. The maximum absolute atomic E-state index is 6.05. The van der Waals surface area contributed by atoms with Crippen molar-refractivity contribution in [1.82, 2.24) is 9.97 Å². The van der Waals surface area contributed by atoms with Gasteiger partial charge in [-0.05, 0) is 12.1 Å². The zero-order valence-corrected chi connectivity index (χ0v) is 12.9. The molecule has 1 unspecified atom stereocenters. The molecular weight excluding hydrogens is 304 g/mol. The molecule has 6 nitrogen and oxygen atoms in total. The number of benzene rings is 2. The van der Waals surface area contributed by atoms with Crippen molar-refractivity contribution >= 4 is 22.7 Å². The molecular formula is C18H16N4O2. The van der Waals surface area contributed by atoms with Gasteiger partial charge in [0.25, 0.3) is 0 Å². The Morgan fingerprint density at radius 1 is 1.21 bits per heavy atom. The number of nitrogen functional groups attached to an aromatic ring is 2. The summed E-state index contributed by atoms with van der Waals surface area (Å²) in [6.45, 7) is 3.81. The van der Waals surface area contributed by atoms with Crippen molar-refractivity contribution < 1.29 is 9.47 Å². The molecule has 0 aliphatic carbocycles. The molecule has 1 atom stereocenters. The van der Waals surface area contributed by atoms with Crippen LogP contribution in [0.1, 0.15) is 5.56 Å². The summed E-state index contributed by atoms with van der Waals surface area (Å²) < 4.78 is 12.0. The van der Waals surface area contributed by atoms with Crippen LogP contribution < -0.4 is 20.9 Å². The number of para-hydroxylation sites is 1. The molecule has 2 heterocycles. The van der Waals surface area contributed by atoms with Crippen LogP contribution in [0.4, 0.5) is 11.8 Å². The minimum atomic E-state index is -0.138. The Bertz CT molecular complexity index is 941. The molecule has 6 heteroatoms. The van der Waals surface area contributed by atoms with Crippen LogP contribution >= 0.6 is 0 Å². The predicted molar refractivity (Wildman–Crippen MR) is 93.2 cm³/mol. The molecule has 24 heavy (non-hydrogen) atoms. The van der Waals surface area contributed by atoms with Gasteiger partial charge in [0.2, 0.25) is 5.95 Å². The van der Waals surface area contributed by atoms with Crippen molar-refractivity contribution in [3.63, 3.8) is 0 Å². The number of fused-ring (bicyclic) bond motifs is 3. The first-order valence-electron chi connectivity index (χ1n) is 7.56. The van der Waals surface area contributed by atoms with Crippen molar-refractivity contribution in [3.8, 4) is 17.2 Å². The lowest BCUT2D eigenvalue weighted by atomic mass is 10.1. The highest BCUT2D eigenvalue weighted by Gasteiger charge is 2.29. The number of hydrogen-bond acceptors (Lipinski definition) is 6. The number of anilines is 2. The molecule has 1 aromatic heterocycles. The fourth-order valence-corrected chi connectivity index (χ4v) is 2.88. The summed E-state index contributed by atoms with van der Waals surface area (Å²) in [5.41, 5.74) is 13.3. The summed E-state index contributed by atoms with van der Waals surface area (Å²) in [6, 6.07) is 11.4. The maximum atomic E-state index is 6.05. The zero-order chi connectivity index (χ0) is 16.7. The van der Waals surface area contributed by atoms with E-state index in [0.717, 1.165) is 11.3 Å². The van der Waals surface area contributed by atoms with E-state index in [2.05, 4.69) is 16.5 Å². The van der Waals surface area contributed by atoms with Crippen molar-refractivity contribution in [3.05, 3.63) is 54.6 Å². The third-order valence-corrected chi connectivity index (χ3v) is 3.96. The summed E-state index contributed by atoms with van der Waals surface area (Å²) in [6.07, 6.45) is 2.27. The standard InChI is InChI=1S/C18H16N4O2/c1-2-10-8-12-14(23-11-6-4-3-5-7-11)9-13-15(16(12)24-10)17(19)22-18(20)21-13/h2-7,9-10H,1,8H2,(H4,19,20,21,22). The molecule has 3 aromatic rings. The fraction of sp³-hybridized carbons (Fsp3) is 0.111. The first-order valence-corrected chi connectivity index (χ1v) is 7.56. The average Bonchev–Trinajstić information content (AvgIpc) is 2.99. The van der Waals surface area contributed by atoms with Gasteiger partial charge in [-0.15, -0.1) is 0 Å². The molecule has 0 spiro atoms. The van der Waals surface area contributed by atoms with Crippen molar-refractivity contribution in [2.45, 2.75) is 12.5 Å². The minimum absolute atomic E-state index is 0.115. The number of nitrogens with zero attached hydrogens (tertiary/aromatic N) is 2. The summed E-state index contributed by atoms with van der Waals surface area (Å²) in [4.78, 5) is 8.31. The van der Waals surface area contributed by atoms with Gasteiger partial charge in [-0.3, -0.25) is 0 Å². The van der Waals surface area contributed by atoms with Crippen molar-refractivity contribution in [1.29, 1.82) is 0 Å².